The molecule has 0 atom stereocenters. The second kappa shape index (κ2) is 4.59. The average Bonchev–Trinajstić information content (AvgIpc) is 2.16. The van der Waals surface area contributed by atoms with Crippen molar-refractivity contribution in [2.45, 2.75) is 13.3 Å². The molecule has 5 heteroatoms. The molecule has 1 aromatic rings. The number of rotatable bonds is 3. The normalized spacial score (nSPS) is 10.4. The maximum Gasteiger partial charge on any atom is 0.170 e. The lowest BCUT2D eigenvalue weighted by atomic mass is 10.0. The zero-order valence-electron chi connectivity index (χ0n) is 8.18. The van der Waals surface area contributed by atoms with Gasteiger partial charge in [0.1, 0.15) is 11.6 Å². The zero-order valence-corrected chi connectivity index (χ0v) is 8.94. The van der Waals surface area contributed by atoms with Gasteiger partial charge in [-0.3, -0.25) is 4.79 Å². The van der Waals surface area contributed by atoms with Crippen molar-refractivity contribution in [1.29, 1.82) is 0 Å². The van der Waals surface area contributed by atoms with Gasteiger partial charge in [-0.1, -0.05) is 11.6 Å². The smallest absolute Gasteiger partial charge is 0.170 e. The molecule has 0 radical (unpaired) electrons. The minimum Gasteiger partial charge on any atom is -0.506 e. The molecule has 0 aliphatic carbocycles. The van der Waals surface area contributed by atoms with Gasteiger partial charge in [0.25, 0.3) is 0 Å². The maximum absolute atomic E-state index is 13.5. The van der Waals surface area contributed by atoms with Crippen LogP contribution in [0, 0.1) is 12.7 Å². The van der Waals surface area contributed by atoms with E-state index in [4.69, 9.17) is 17.3 Å². The number of hydrogen-bond donors (Lipinski definition) is 2. The molecule has 15 heavy (non-hydrogen) atoms. The van der Waals surface area contributed by atoms with Gasteiger partial charge in [-0.05, 0) is 25.1 Å². The zero-order chi connectivity index (χ0) is 11.6. The quantitative estimate of drug-likeness (QED) is 0.783. The van der Waals surface area contributed by atoms with Crippen LogP contribution < -0.4 is 5.73 Å². The number of hydrogen-bond acceptors (Lipinski definition) is 3. The number of ketones is 1. The highest BCUT2D eigenvalue weighted by Gasteiger charge is 2.20. The molecular weight excluding hydrogens is 221 g/mol. The highest BCUT2D eigenvalue weighted by atomic mass is 35.5. The summed E-state index contributed by atoms with van der Waals surface area (Å²) in [6, 6.07) is 1.27. The molecule has 0 aliphatic rings. The second-order valence-electron chi connectivity index (χ2n) is 3.17. The van der Waals surface area contributed by atoms with Crippen LogP contribution >= 0.6 is 11.6 Å². The fourth-order valence-electron chi connectivity index (χ4n) is 1.25. The number of carbonyl (C=O) groups is 1. The summed E-state index contributed by atoms with van der Waals surface area (Å²) in [6.45, 7) is 1.57. The van der Waals surface area contributed by atoms with Crippen LogP contribution in [0.1, 0.15) is 22.3 Å². The van der Waals surface area contributed by atoms with Crippen LogP contribution in [0.4, 0.5) is 4.39 Å². The van der Waals surface area contributed by atoms with Crippen molar-refractivity contribution in [3.8, 4) is 5.75 Å². The molecule has 0 fully saturated rings. The first-order valence-corrected chi connectivity index (χ1v) is 4.77. The fourth-order valence-corrected chi connectivity index (χ4v) is 1.51. The van der Waals surface area contributed by atoms with Gasteiger partial charge in [0, 0.05) is 6.42 Å². The van der Waals surface area contributed by atoms with E-state index < -0.39 is 17.3 Å². The van der Waals surface area contributed by atoms with Gasteiger partial charge in [0.2, 0.25) is 0 Å². The SMILES string of the molecule is Cc1cc(Cl)c(O)c(C(=O)CCN)c1F. The molecule has 0 amide bonds. The number of benzene rings is 1. The topological polar surface area (TPSA) is 63.3 Å². The largest absolute Gasteiger partial charge is 0.506 e. The highest BCUT2D eigenvalue weighted by Crippen LogP contribution is 2.32. The molecule has 0 aliphatic heterocycles. The standard InChI is InChI=1S/C10H11ClFNO2/c1-5-4-6(11)10(15)8(9(5)12)7(14)2-3-13/h4,15H,2-3,13H2,1H3. The van der Waals surface area contributed by atoms with Gasteiger partial charge in [-0.15, -0.1) is 0 Å². The van der Waals surface area contributed by atoms with E-state index in [0.717, 1.165) is 0 Å². The number of phenols is 1. The number of Topliss-reactive ketones (excluding diaryl/α,β-unsaturated/α-hetero) is 1. The molecule has 0 spiro atoms. The lowest BCUT2D eigenvalue weighted by Gasteiger charge is -2.08. The van der Waals surface area contributed by atoms with Crippen LogP contribution in [0.3, 0.4) is 0 Å². The van der Waals surface area contributed by atoms with Gasteiger partial charge in [0.15, 0.2) is 5.78 Å². The summed E-state index contributed by atoms with van der Waals surface area (Å²) < 4.78 is 13.5. The van der Waals surface area contributed by atoms with Gasteiger partial charge in [0.05, 0.1) is 10.6 Å². The molecule has 0 unspecified atom stereocenters. The highest BCUT2D eigenvalue weighted by molar-refractivity contribution is 6.32. The molecule has 1 aromatic carbocycles. The Morgan fingerprint density at radius 3 is 2.80 bits per heavy atom. The van der Waals surface area contributed by atoms with E-state index in [-0.39, 0.29) is 29.1 Å². The number of halogens is 2. The predicted molar refractivity (Wildman–Crippen MR) is 55.8 cm³/mol. The molecule has 0 aromatic heterocycles. The van der Waals surface area contributed by atoms with Crippen LogP contribution in [-0.2, 0) is 0 Å². The monoisotopic (exact) mass is 231 g/mol. The van der Waals surface area contributed by atoms with Crippen molar-refractivity contribution in [1.82, 2.24) is 0 Å². The second-order valence-corrected chi connectivity index (χ2v) is 3.58. The van der Waals surface area contributed by atoms with Crippen molar-refractivity contribution < 1.29 is 14.3 Å². The Morgan fingerprint density at radius 1 is 1.67 bits per heavy atom. The van der Waals surface area contributed by atoms with E-state index >= 15 is 0 Å². The summed E-state index contributed by atoms with van der Waals surface area (Å²) in [5, 5.41) is 9.43. The maximum atomic E-state index is 13.5. The van der Waals surface area contributed by atoms with Crippen molar-refractivity contribution in [3.05, 3.63) is 28.0 Å². The Morgan fingerprint density at radius 2 is 2.27 bits per heavy atom. The fraction of sp³-hybridized carbons (Fsp3) is 0.300. The molecule has 82 valence electrons. The lowest BCUT2D eigenvalue weighted by Crippen LogP contribution is -2.11. The summed E-state index contributed by atoms with van der Waals surface area (Å²) in [5.41, 5.74) is 5.04. The van der Waals surface area contributed by atoms with Crippen LogP contribution in [0.25, 0.3) is 0 Å². The Bertz CT molecular complexity index is 381. The van der Waals surface area contributed by atoms with E-state index in [9.17, 15) is 14.3 Å². The van der Waals surface area contributed by atoms with E-state index in [2.05, 4.69) is 0 Å². The molecule has 3 nitrogen and oxygen atoms in total. The van der Waals surface area contributed by atoms with Crippen molar-refractivity contribution in [3.63, 3.8) is 0 Å². The Hall–Kier alpha value is -1.13. The summed E-state index contributed by atoms with van der Waals surface area (Å²) in [5.74, 6) is -1.80. The molecule has 1 rings (SSSR count). The molecular formula is C10H11ClFNO2. The third-order valence-electron chi connectivity index (χ3n) is 2.02. The van der Waals surface area contributed by atoms with Crippen molar-refractivity contribution in [2.75, 3.05) is 6.54 Å². The van der Waals surface area contributed by atoms with Crippen molar-refractivity contribution >= 4 is 17.4 Å². The Labute approximate surface area is 91.7 Å². The third-order valence-corrected chi connectivity index (χ3v) is 2.31. The summed E-state index contributed by atoms with van der Waals surface area (Å²) in [7, 11) is 0. The summed E-state index contributed by atoms with van der Waals surface area (Å²) in [4.78, 5) is 11.5. The van der Waals surface area contributed by atoms with Gasteiger partial charge < -0.3 is 10.8 Å². The first kappa shape index (κ1) is 11.9. The molecule has 0 heterocycles. The summed E-state index contributed by atoms with van der Waals surface area (Å²) >= 11 is 5.64. The van der Waals surface area contributed by atoms with E-state index in [0.29, 0.717) is 0 Å². The predicted octanol–water partition coefficient (Wildman–Crippen LogP) is 2.02. The van der Waals surface area contributed by atoms with Crippen LogP contribution in [0.5, 0.6) is 5.75 Å². The first-order valence-electron chi connectivity index (χ1n) is 4.39. The molecule has 3 N–H and O–H groups in total. The van der Waals surface area contributed by atoms with Crippen LogP contribution in [0.2, 0.25) is 5.02 Å². The van der Waals surface area contributed by atoms with Gasteiger partial charge in [-0.25, -0.2) is 4.39 Å². The third kappa shape index (κ3) is 2.27. The van der Waals surface area contributed by atoms with E-state index in [1.807, 2.05) is 0 Å². The average molecular weight is 232 g/mol. The van der Waals surface area contributed by atoms with E-state index in [1.165, 1.54) is 13.0 Å². The van der Waals surface area contributed by atoms with E-state index in [1.54, 1.807) is 0 Å². The molecule has 0 saturated heterocycles. The van der Waals surface area contributed by atoms with Crippen molar-refractivity contribution in [2.24, 2.45) is 5.73 Å². The van der Waals surface area contributed by atoms with Gasteiger partial charge >= 0.3 is 0 Å². The van der Waals surface area contributed by atoms with Crippen LogP contribution in [-0.4, -0.2) is 17.4 Å². The number of carbonyl (C=O) groups excluding carboxylic acids is 1. The Kier molecular flexibility index (Phi) is 3.66. The molecule has 0 saturated carbocycles. The Balaban J connectivity index is 3.32. The number of nitrogens with two attached hydrogens (primary N) is 1. The minimum absolute atomic E-state index is 0.0235. The van der Waals surface area contributed by atoms with Gasteiger partial charge in [-0.2, -0.15) is 0 Å². The summed E-state index contributed by atoms with van der Waals surface area (Å²) in [6.07, 6.45) is -0.0235. The number of aryl methyl sites for hydroxylation is 1. The lowest BCUT2D eigenvalue weighted by molar-refractivity contribution is 0.0978. The number of phenolic OH excluding ortho intramolecular Hbond substituents is 1. The molecule has 0 bridgehead atoms. The minimum atomic E-state index is -0.740. The van der Waals surface area contributed by atoms with Crippen LogP contribution in [0.15, 0.2) is 6.07 Å². The number of aromatic hydroxyl groups is 1. The first-order chi connectivity index (χ1) is 6.99.